The molecule has 1 aromatic carbocycles. The van der Waals surface area contributed by atoms with Crippen LogP contribution in [0.3, 0.4) is 0 Å². The number of hydrogen-bond donors (Lipinski definition) is 0. The maximum absolute atomic E-state index is 12.6. The third-order valence-electron chi connectivity index (χ3n) is 3.67. The lowest BCUT2D eigenvalue weighted by Gasteiger charge is -2.15. The van der Waals surface area contributed by atoms with E-state index in [0.717, 1.165) is 16.3 Å². The molecule has 0 fully saturated rings. The fourth-order valence-corrected chi connectivity index (χ4v) is 3.05. The molecular weight excluding hydrogens is 294 g/mol. The first-order valence-electron chi connectivity index (χ1n) is 7.54. The Labute approximate surface area is 136 Å². The van der Waals surface area contributed by atoms with E-state index < -0.39 is 0 Å². The Hall–Kier alpha value is -1.62. The number of rotatable bonds is 6. The van der Waals surface area contributed by atoms with Crippen LogP contribution in [0.25, 0.3) is 0 Å². The molecule has 0 spiro atoms. The minimum absolute atomic E-state index is 0.145. The van der Waals surface area contributed by atoms with Gasteiger partial charge in [0.05, 0.1) is 5.75 Å². The van der Waals surface area contributed by atoms with E-state index >= 15 is 0 Å². The third-order valence-corrected chi connectivity index (χ3v) is 4.70. The van der Waals surface area contributed by atoms with E-state index in [1.807, 2.05) is 17.7 Å². The molecule has 0 atom stereocenters. The van der Waals surface area contributed by atoms with Crippen molar-refractivity contribution in [3.8, 4) is 0 Å². The van der Waals surface area contributed by atoms with Crippen LogP contribution in [-0.4, -0.2) is 26.3 Å². The first kappa shape index (κ1) is 16.7. The highest BCUT2D eigenvalue weighted by molar-refractivity contribution is 7.99. The molecule has 1 heterocycles. The van der Waals surface area contributed by atoms with Crippen LogP contribution in [0.4, 0.5) is 0 Å². The number of aromatic nitrogens is 3. The van der Waals surface area contributed by atoms with Gasteiger partial charge >= 0.3 is 0 Å². The Kier molecular flexibility index (Phi) is 5.40. The molecule has 0 aliphatic carbocycles. The van der Waals surface area contributed by atoms with E-state index in [1.54, 1.807) is 6.33 Å². The predicted molar refractivity (Wildman–Crippen MR) is 90.7 cm³/mol. The molecule has 22 heavy (non-hydrogen) atoms. The lowest BCUT2D eigenvalue weighted by molar-refractivity contribution is 0.102. The Bertz CT molecular complexity index is 662. The number of carbonyl (C=O) groups excluding carboxylic acids is 1. The molecule has 0 radical (unpaired) electrons. The van der Waals surface area contributed by atoms with Crippen molar-refractivity contribution in [1.82, 2.24) is 14.8 Å². The van der Waals surface area contributed by atoms with Gasteiger partial charge in [0.2, 0.25) is 0 Å². The van der Waals surface area contributed by atoms with Gasteiger partial charge in [-0.25, -0.2) is 0 Å². The topological polar surface area (TPSA) is 47.8 Å². The standard InChI is InChI=1S/C17H23N3OS/c1-11(2)13-6-7-14(15(8-13)12(3)4)16(21)9-22-17-19-18-10-20(17)5/h6-8,10-12H,9H2,1-5H3. The Morgan fingerprint density at radius 1 is 1.23 bits per heavy atom. The molecular formula is C17H23N3OS. The van der Waals surface area contributed by atoms with Crippen molar-refractivity contribution in [2.24, 2.45) is 7.05 Å². The highest BCUT2D eigenvalue weighted by Gasteiger charge is 2.16. The Morgan fingerprint density at radius 3 is 2.50 bits per heavy atom. The lowest BCUT2D eigenvalue weighted by Crippen LogP contribution is -2.09. The minimum Gasteiger partial charge on any atom is -0.312 e. The molecule has 0 bridgehead atoms. The van der Waals surface area contributed by atoms with Gasteiger partial charge in [-0.3, -0.25) is 4.79 Å². The van der Waals surface area contributed by atoms with Gasteiger partial charge in [-0.2, -0.15) is 0 Å². The molecule has 0 aliphatic rings. The van der Waals surface area contributed by atoms with E-state index in [2.05, 4.69) is 50.0 Å². The molecule has 2 rings (SSSR count). The van der Waals surface area contributed by atoms with Gasteiger partial charge in [0.25, 0.3) is 0 Å². The number of benzene rings is 1. The number of nitrogens with zero attached hydrogens (tertiary/aromatic N) is 3. The van der Waals surface area contributed by atoms with Gasteiger partial charge < -0.3 is 4.57 Å². The zero-order valence-corrected chi connectivity index (χ0v) is 14.6. The number of ketones is 1. The highest BCUT2D eigenvalue weighted by atomic mass is 32.2. The van der Waals surface area contributed by atoms with Crippen LogP contribution in [0, 0.1) is 0 Å². The van der Waals surface area contributed by atoms with Crippen molar-refractivity contribution in [3.05, 3.63) is 41.2 Å². The number of carbonyl (C=O) groups is 1. The SMILES string of the molecule is CC(C)c1ccc(C(=O)CSc2nncn2C)c(C(C)C)c1. The molecule has 118 valence electrons. The van der Waals surface area contributed by atoms with Crippen molar-refractivity contribution >= 4 is 17.5 Å². The zero-order chi connectivity index (χ0) is 16.3. The smallest absolute Gasteiger partial charge is 0.191 e. The van der Waals surface area contributed by atoms with Crippen molar-refractivity contribution in [2.75, 3.05) is 5.75 Å². The van der Waals surface area contributed by atoms with Gasteiger partial charge in [0.1, 0.15) is 6.33 Å². The molecule has 0 aliphatic heterocycles. The third kappa shape index (κ3) is 3.77. The van der Waals surface area contributed by atoms with E-state index in [0.29, 0.717) is 17.6 Å². The van der Waals surface area contributed by atoms with E-state index in [4.69, 9.17) is 0 Å². The summed E-state index contributed by atoms with van der Waals surface area (Å²) in [6.07, 6.45) is 1.64. The van der Waals surface area contributed by atoms with Crippen LogP contribution in [0.2, 0.25) is 0 Å². The van der Waals surface area contributed by atoms with Gasteiger partial charge in [-0.1, -0.05) is 57.7 Å². The van der Waals surface area contributed by atoms with Crippen LogP contribution < -0.4 is 0 Å². The molecule has 0 saturated carbocycles. The lowest BCUT2D eigenvalue weighted by atomic mass is 9.90. The molecule has 0 unspecified atom stereocenters. The van der Waals surface area contributed by atoms with Crippen LogP contribution in [0.1, 0.15) is 61.0 Å². The zero-order valence-electron chi connectivity index (χ0n) is 13.8. The largest absolute Gasteiger partial charge is 0.312 e. The fraction of sp³-hybridized carbons (Fsp3) is 0.471. The van der Waals surface area contributed by atoms with Crippen LogP contribution in [0.5, 0.6) is 0 Å². The molecule has 1 aromatic heterocycles. The Morgan fingerprint density at radius 2 is 1.95 bits per heavy atom. The maximum Gasteiger partial charge on any atom is 0.191 e. The minimum atomic E-state index is 0.145. The monoisotopic (exact) mass is 317 g/mol. The average molecular weight is 317 g/mol. The summed E-state index contributed by atoms with van der Waals surface area (Å²) < 4.78 is 1.82. The molecule has 5 heteroatoms. The fourth-order valence-electron chi connectivity index (χ4n) is 2.28. The number of aryl methyl sites for hydroxylation is 1. The second-order valence-corrected chi connectivity index (χ2v) is 7.03. The normalized spacial score (nSPS) is 11.4. The van der Waals surface area contributed by atoms with Gasteiger partial charge in [0.15, 0.2) is 10.9 Å². The molecule has 2 aromatic rings. The first-order valence-corrected chi connectivity index (χ1v) is 8.52. The summed E-state index contributed by atoms with van der Waals surface area (Å²) in [5.74, 6) is 1.33. The van der Waals surface area contributed by atoms with E-state index in [9.17, 15) is 4.79 Å². The van der Waals surface area contributed by atoms with Crippen molar-refractivity contribution in [3.63, 3.8) is 0 Å². The van der Waals surface area contributed by atoms with E-state index in [-0.39, 0.29) is 5.78 Å². The summed E-state index contributed by atoms with van der Waals surface area (Å²) in [7, 11) is 1.88. The summed E-state index contributed by atoms with van der Waals surface area (Å²) >= 11 is 1.43. The summed E-state index contributed by atoms with van der Waals surface area (Å²) in [6.45, 7) is 8.60. The molecule has 0 amide bonds. The Balaban J connectivity index is 2.20. The van der Waals surface area contributed by atoms with Crippen molar-refractivity contribution in [1.29, 1.82) is 0 Å². The van der Waals surface area contributed by atoms with Gasteiger partial charge in [0, 0.05) is 12.6 Å². The number of hydrogen-bond acceptors (Lipinski definition) is 4. The number of thioether (sulfide) groups is 1. The van der Waals surface area contributed by atoms with Gasteiger partial charge in [-0.05, 0) is 23.0 Å². The predicted octanol–water partition coefficient (Wildman–Crippen LogP) is 4.04. The average Bonchev–Trinajstić information content (AvgIpc) is 2.89. The summed E-state index contributed by atoms with van der Waals surface area (Å²) in [5, 5.41) is 8.59. The van der Waals surface area contributed by atoms with Crippen LogP contribution in [-0.2, 0) is 7.05 Å². The second-order valence-electron chi connectivity index (χ2n) is 6.09. The molecule has 4 nitrogen and oxygen atoms in total. The maximum atomic E-state index is 12.6. The van der Waals surface area contributed by atoms with E-state index in [1.165, 1.54) is 17.3 Å². The van der Waals surface area contributed by atoms with Gasteiger partial charge in [-0.15, -0.1) is 10.2 Å². The quantitative estimate of drug-likeness (QED) is 0.596. The number of Topliss-reactive ketones (excluding diaryl/α,β-unsaturated/α-hetero) is 1. The molecule has 0 saturated heterocycles. The summed E-state index contributed by atoms with van der Waals surface area (Å²) in [4.78, 5) is 12.6. The summed E-state index contributed by atoms with van der Waals surface area (Å²) in [5.41, 5.74) is 3.24. The van der Waals surface area contributed by atoms with Crippen molar-refractivity contribution in [2.45, 2.75) is 44.7 Å². The van der Waals surface area contributed by atoms with Crippen molar-refractivity contribution < 1.29 is 4.79 Å². The highest BCUT2D eigenvalue weighted by Crippen LogP contribution is 2.26. The molecule has 0 N–H and O–H groups in total. The first-order chi connectivity index (χ1) is 10.4. The van der Waals surface area contributed by atoms with Crippen LogP contribution in [0.15, 0.2) is 29.7 Å². The second kappa shape index (κ2) is 7.09. The van der Waals surface area contributed by atoms with Crippen LogP contribution >= 0.6 is 11.8 Å². The summed E-state index contributed by atoms with van der Waals surface area (Å²) in [6, 6.07) is 6.22.